The maximum Gasteiger partial charge on any atom is 0.305 e. The first-order chi connectivity index (χ1) is 13.2. The highest BCUT2D eigenvalue weighted by Gasteiger charge is 2.11. The lowest BCUT2D eigenvalue weighted by Gasteiger charge is -2.16. The number of hydrogen-bond acceptors (Lipinski definition) is 3. The van der Waals surface area contributed by atoms with Crippen LogP contribution in [0.5, 0.6) is 0 Å². The van der Waals surface area contributed by atoms with E-state index in [4.69, 9.17) is 9.47 Å². The van der Waals surface area contributed by atoms with Crippen LogP contribution in [0.15, 0.2) is 0 Å². The van der Waals surface area contributed by atoms with Gasteiger partial charge in [0, 0.05) is 13.0 Å². The molecule has 27 heavy (non-hydrogen) atoms. The lowest BCUT2D eigenvalue weighted by atomic mass is 10.0. The van der Waals surface area contributed by atoms with Crippen molar-refractivity contribution >= 4 is 5.97 Å². The van der Waals surface area contributed by atoms with Crippen LogP contribution in [0, 0.1) is 0 Å². The number of carbonyl (C=O) groups excluding carboxylic acids is 1. The van der Waals surface area contributed by atoms with E-state index in [-0.39, 0.29) is 12.1 Å². The SMILES string of the molecule is CCCCCCCCCCCCCCCC(=O)OCC(CCCC)OCC. The summed E-state index contributed by atoms with van der Waals surface area (Å²) >= 11 is 0. The summed E-state index contributed by atoms with van der Waals surface area (Å²) in [5.41, 5.74) is 0. The summed E-state index contributed by atoms with van der Waals surface area (Å²) in [6.45, 7) is 7.54. The molecule has 0 spiro atoms. The van der Waals surface area contributed by atoms with Gasteiger partial charge in [0.1, 0.15) is 6.61 Å². The van der Waals surface area contributed by atoms with Gasteiger partial charge in [0.15, 0.2) is 0 Å². The van der Waals surface area contributed by atoms with Gasteiger partial charge in [-0.05, 0) is 19.8 Å². The molecule has 0 saturated carbocycles. The Bertz CT molecular complexity index is 304. The van der Waals surface area contributed by atoms with E-state index in [1.165, 1.54) is 70.6 Å². The minimum atomic E-state index is -0.0562. The van der Waals surface area contributed by atoms with Gasteiger partial charge in [-0.1, -0.05) is 104 Å². The van der Waals surface area contributed by atoms with Crippen molar-refractivity contribution in [1.82, 2.24) is 0 Å². The standard InChI is InChI=1S/C24H48O3/c1-4-7-9-10-11-12-13-14-15-16-17-18-19-21-24(25)27-22-23(26-6-3)20-8-5-2/h23H,4-22H2,1-3H3. The van der Waals surface area contributed by atoms with Crippen LogP contribution >= 0.6 is 0 Å². The van der Waals surface area contributed by atoms with Crippen molar-refractivity contribution < 1.29 is 14.3 Å². The van der Waals surface area contributed by atoms with Gasteiger partial charge in [-0.15, -0.1) is 0 Å². The van der Waals surface area contributed by atoms with Crippen LogP contribution < -0.4 is 0 Å². The van der Waals surface area contributed by atoms with Crippen LogP contribution in [0.4, 0.5) is 0 Å². The Morgan fingerprint density at radius 1 is 0.667 bits per heavy atom. The van der Waals surface area contributed by atoms with Crippen LogP contribution in [0.2, 0.25) is 0 Å². The number of hydrogen-bond donors (Lipinski definition) is 0. The van der Waals surface area contributed by atoms with E-state index in [1.807, 2.05) is 6.92 Å². The van der Waals surface area contributed by atoms with E-state index in [0.29, 0.717) is 19.6 Å². The molecule has 0 rings (SSSR count). The van der Waals surface area contributed by atoms with Crippen molar-refractivity contribution in [3.63, 3.8) is 0 Å². The molecule has 1 atom stereocenters. The average Bonchev–Trinajstić information content (AvgIpc) is 2.67. The second-order valence-electron chi connectivity index (χ2n) is 7.90. The van der Waals surface area contributed by atoms with Crippen LogP contribution in [0.3, 0.4) is 0 Å². The number of ether oxygens (including phenoxy) is 2. The van der Waals surface area contributed by atoms with Crippen molar-refractivity contribution in [1.29, 1.82) is 0 Å². The van der Waals surface area contributed by atoms with Gasteiger partial charge in [-0.2, -0.15) is 0 Å². The summed E-state index contributed by atoms with van der Waals surface area (Å²) in [7, 11) is 0. The first-order valence-electron chi connectivity index (χ1n) is 12.0. The van der Waals surface area contributed by atoms with E-state index in [9.17, 15) is 4.79 Å². The topological polar surface area (TPSA) is 35.5 Å². The van der Waals surface area contributed by atoms with E-state index in [0.717, 1.165) is 32.1 Å². The van der Waals surface area contributed by atoms with Crippen molar-refractivity contribution in [3.8, 4) is 0 Å². The zero-order valence-corrected chi connectivity index (χ0v) is 18.7. The molecule has 0 aromatic heterocycles. The normalized spacial score (nSPS) is 12.3. The lowest BCUT2D eigenvalue weighted by molar-refractivity contribution is -0.148. The van der Waals surface area contributed by atoms with E-state index >= 15 is 0 Å². The zero-order valence-electron chi connectivity index (χ0n) is 18.7. The molecular formula is C24H48O3. The molecule has 0 bridgehead atoms. The first kappa shape index (κ1) is 26.4. The van der Waals surface area contributed by atoms with Gasteiger partial charge in [-0.3, -0.25) is 4.79 Å². The molecule has 0 amide bonds. The number of unbranched alkanes of at least 4 members (excludes halogenated alkanes) is 13. The Morgan fingerprint density at radius 2 is 1.15 bits per heavy atom. The summed E-state index contributed by atoms with van der Waals surface area (Å²) in [6, 6.07) is 0. The zero-order chi connectivity index (χ0) is 20.0. The van der Waals surface area contributed by atoms with E-state index in [1.54, 1.807) is 0 Å². The highest BCUT2D eigenvalue weighted by molar-refractivity contribution is 5.69. The largest absolute Gasteiger partial charge is 0.463 e. The lowest BCUT2D eigenvalue weighted by Crippen LogP contribution is -2.22. The second kappa shape index (κ2) is 21.7. The molecule has 0 heterocycles. The predicted molar refractivity (Wildman–Crippen MR) is 116 cm³/mol. The van der Waals surface area contributed by atoms with Gasteiger partial charge in [0.05, 0.1) is 6.10 Å². The highest BCUT2D eigenvalue weighted by atomic mass is 16.6. The molecule has 0 fully saturated rings. The third kappa shape index (κ3) is 20.0. The molecule has 0 aliphatic rings. The Morgan fingerprint density at radius 3 is 1.63 bits per heavy atom. The Balaban J connectivity index is 3.37. The van der Waals surface area contributed by atoms with Crippen LogP contribution in [0.1, 0.15) is 130 Å². The smallest absolute Gasteiger partial charge is 0.305 e. The number of esters is 1. The molecule has 0 radical (unpaired) electrons. The van der Waals surface area contributed by atoms with E-state index < -0.39 is 0 Å². The first-order valence-corrected chi connectivity index (χ1v) is 12.0. The Labute approximate surface area is 170 Å². The minimum absolute atomic E-state index is 0.0562. The van der Waals surface area contributed by atoms with Crippen molar-refractivity contribution in [2.45, 2.75) is 136 Å². The molecule has 0 saturated heterocycles. The van der Waals surface area contributed by atoms with Crippen molar-refractivity contribution in [2.24, 2.45) is 0 Å². The molecule has 0 aromatic carbocycles. The number of carbonyl (C=O) groups is 1. The fourth-order valence-corrected chi connectivity index (χ4v) is 3.43. The van der Waals surface area contributed by atoms with E-state index in [2.05, 4.69) is 13.8 Å². The maximum atomic E-state index is 11.8. The molecule has 0 N–H and O–H groups in total. The van der Waals surface area contributed by atoms with Gasteiger partial charge in [0.25, 0.3) is 0 Å². The predicted octanol–water partition coefficient (Wildman–Crippen LogP) is 7.61. The summed E-state index contributed by atoms with van der Waals surface area (Å²) in [5.74, 6) is -0.0562. The Hall–Kier alpha value is -0.570. The van der Waals surface area contributed by atoms with Gasteiger partial charge in [-0.25, -0.2) is 0 Å². The maximum absolute atomic E-state index is 11.8. The number of rotatable bonds is 21. The minimum Gasteiger partial charge on any atom is -0.463 e. The third-order valence-electron chi connectivity index (χ3n) is 5.20. The molecule has 0 aromatic rings. The molecular weight excluding hydrogens is 336 g/mol. The fourth-order valence-electron chi connectivity index (χ4n) is 3.43. The molecule has 162 valence electrons. The Kier molecular flexibility index (Phi) is 21.3. The second-order valence-corrected chi connectivity index (χ2v) is 7.90. The van der Waals surface area contributed by atoms with Gasteiger partial charge < -0.3 is 9.47 Å². The van der Waals surface area contributed by atoms with Gasteiger partial charge >= 0.3 is 5.97 Å². The third-order valence-corrected chi connectivity index (χ3v) is 5.20. The quantitative estimate of drug-likeness (QED) is 0.151. The summed E-state index contributed by atoms with van der Waals surface area (Å²) in [6.07, 6.45) is 21.1. The monoisotopic (exact) mass is 384 g/mol. The molecule has 3 heteroatoms. The summed E-state index contributed by atoms with van der Waals surface area (Å²) in [4.78, 5) is 11.8. The van der Waals surface area contributed by atoms with Crippen LogP contribution in [-0.2, 0) is 14.3 Å². The van der Waals surface area contributed by atoms with Gasteiger partial charge in [0.2, 0.25) is 0 Å². The summed E-state index contributed by atoms with van der Waals surface area (Å²) in [5, 5.41) is 0. The molecule has 0 aliphatic heterocycles. The molecule has 3 nitrogen and oxygen atoms in total. The van der Waals surface area contributed by atoms with Crippen molar-refractivity contribution in [3.05, 3.63) is 0 Å². The fraction of sp³-hybridized carbons (Fsp3) is 0.958. The van der Waals surface area contributed by atoms with Crippen LogP contribution in [0.25, 0.3) is 0 Å². The summed E-state index contributed by atoms with van der Waals surface area (Å²) < 4.78 is 11.0. The van der Waals surface area contributed by atoms with Crippen molar-refractivity contribution in [2.75, 3.05) is 13.2 Å². The highest BCUT2D eigenvalue weighted by Crippen LogP contribution is 2.13. The average molecular weight is 385 g/mol. The molecule has 1 unspecified atom stereocenters. The molecule has 0 aliphatic carbocycles. The van der Waals surface area contributed by atoms with Crippen LogP contribution in [-0.4, -0.2) is 25.3 Å².